The molecule has 14 atom stereocenters. The first-order valence-electron chi connectivity index (χ1n) is 15.8. The van der Waals surface area contributed by atoms with E-state index in [1.165, 1.54) is 14.0 Å². The number of cyclic esters (lactones) is 1. The Morgan fingerprint density at radius 2 is 1.81 bits per heavy atom. The van der Waals surface area contributed by atoms with Gasteiger partial charge in [0.1, 0.15) is 31.0 Å². The Bertz CT molecular complexity index is 1110. The summed E-state index contributed by atoms with van der Waals surface area (Å²) >= 11 is 0. The average molecular weight is 593 g/mol. The summed E-state index contributed by atoms with van der Waals surface area (Å²) in [4.78, 5) is 24.3. The molecule has 10 nitrogen and oxygen atoms in total. The number of aliphatic hydroxyl groups is 3. The zero-order valence-corrected chi connectivity index (χ0v) is 25.5. The predicted octanol–water partition coefficient (Wildman–Crippen LogP) is 2.65. The Balaban J connectivity index is 1.24. The van der Waals surface area contributed by atoms with Gasteiger partial charge in [-0.2, -0.15) is 0 Å². The lowest BCUT2D eigenvalue weighted by molar-refractivity contribution is -0.318. The zero-order chi connectivity index (χ0) is 30.2. The smallest absolute Gasteiger partial charge is 0.331 e. The van der Waals surface area contributed by atoms with Crippen LogP contribution in [0.5, 0.6) is 0 Å². The van der Waals surface area contributed by atoms with Crippen molar-refractivity contribution in [2.45, 2.75) is 128 Å². The van der Waals surface area contributed by atoms with Crippen LogP contribution in [0.3, 0.4) is 0 Å². The van der Waals surface area contributed by atoms with Crippen LogP contribution < -0.4 is 0 Å². The first-order chi connectivity index (χ1) is 19.8. The highest BCUT2D eigenvalue weighted by Crippen LogP contribution is 2.70. The fourth-order valence-electron chi connectivity index (χ4n) is 10.5. The van der Waals surface area contributed by atoms with Gasteiger partial charge < -0.3 is 39.0 Å². The Labute approximate surface area is 248 Å². The molecule has 2 aliphatic heterocycles. The molecular weight excluding hydrogens is 544 g/mol. The number of aliphatic hydroxyl groups excluding tert-OH is 2. The van der Waals surface area contributed by atoms with E-state index in [2.05, 4.69) is 13.8 Å². The van der Waals surface area contributed by atoms with E-state index in [1.54, 1.807) is 13.0 Å². The molecule has 0 amide bonds. The van der Waals surface area contributed by atoms with Crippen LogP contribution in [0.15, 0.2) is 11.6 Å². The maximum absolute atomic E-state index is 12.6. The third-order valence-electron chi connectivity index (χ3n) is 12.7. The number of carbonyl (C=O) groups excluding carboxylic acids is 2. The fraction of sp³-hybridized carbons (Fsp3) is 0.875. The van der Waals surface area contributed by atoms with Gasteiger partial charge in [-0.25, -0.2) is 4.79 Å². The van der Waals surface area contributed by atoms with Crippen LogP contribution in [0.25, 0.3) is 0 Å². The van der Waals surface area contributed by atoms with Crippen molar-refractivity contribution in [1.29, 1.82) is 0 Å². The van der Waals surface area contributed by atoms with Crippen molar-refractivity contribution < 1.29 is 48.6 Å². The summed E-state index contributed by atoms with van der Waals surface area (Å²) in [7, 11) is 1.45. The maximum atomic E-state index is 12.6. The third-order valence-corrected chi connectivity index (χ3v) is 12.7. The predicted molar refractivity (Wildman–Crippen MR) is 149 cm³/mol. The summed E-state index contributed by atoms with van der Waals surface area (Å²) in [6, 6.07) is 0. The molecule has 4 saturated carbocycles. The minimum atomic E-state index is -1.16. The van der Waals surface area contributed by atoms with Crippen LogP contribution in [0.4, 0.5) is 0 Å². The molecule has 5 fully saturated rings. The van der Waals surface area contributed by atoms with E-state index in [-0.39, 0.29) is 52.5 Å². The SMILES string of the molecule is CO[C@@H]1[C@H](O)[C@H](O[C@@H]2C[C@@H]3CC[C@@H]4[C@H](CC[C@]5(C)[C@@H](C6=CC(=O)OC6)CC[C@@]45O)[C@@]3(C)[C@H](OC(C)=O)C2)O[C@@H](C)[C@H]1O. The largest absolute Gasteiger partial charge is 0.462 e. The first-order valence-corrected chi connectivity index (χ1v) is 15.8. The summed E-state index contributed by atoms with van der Waals surface area (Å²) in [6.07, 6.45) is 2.58. The van der Waals surface area contributed by atoms with E-state index in [0.717, 1.165) is 44.1 Å². The van der Waals surface area contributed by atoms with Crippen LogP contribution in [-0.4, -0.2) is 89.5 Å². The van der Waals surface area contributed by atoms with E-state index >= 15 is 0 Å². The second-order valence-corrected chi connectivity index (χ2v) is 14.4. The molecule has 3 N–H and O–H groups in total. The topological polar surface area (TPSA) is 141 Å². The Kier molecular flexibility index (Phi) is 7.84. The third kappa shape index (κ3) is 4.50. The molecule has 1 saturated heterocycles. The highest BCUT2D eigenvalue weighted by Gasteiger charge is 2.69. The van der Waals surface area contributed by atoms with E-state index in [4.69, 9.17) is 23.7 Å². The van der Waals surface area contributed by atoms with Crippen molar-refractivity contribution in [3.05, 3.63) is 11.6 Å². The molecule has 0 aromatic carbocycles. The first kappa shape index (κ1) is 30.5. The lowest BCUT2D eigenvalue weighted by Crippen LogP contribution is -2.66. The Hall–Kier alpha value is -1.56. The van der Waals surface area contributed by atoms with Crippen molar-refractivity contribution in [3.63, 3.8) is 0 Å². The van der Waals surface area contributed by atoms with E-state index in [1.807, 2.05) is 0 Å². The standard InChI is InChI=1S/C32H48O10/c1-16-26(35)28(38-5)27(36)29(40-16)42-20-13-19-6-7-23-22(31(19,4)24(14-20)41-17(2)33)8-10-30(3)21(9-11-32(23,30)37)18-12-25(34)39-15-18/h12,16,19-24,26-29,35-37H,6-11,13-15H2,1-5H3/t16-,19-,20+,21+,22-,23+,24+,26+,27-,28-,29-,30+,31-,32+/m0/s1. The van der Waals surface area contributed by atoms with Crippen molar-refractivity contribution in [2.24, 2.45) is 34.5 Å². The maximum Gasteiger partial charge on any atom is 0.331 e. The van der Waals surface area contributed by atoms with E-state index in [0.29, 0.717) is 19.4 Å². The van der Waals surface area contributed by atoms with Gasteiger partial charge >= 0.3 is 11.9 Å². The van der Waals surface area contributed by atoms with Gasteiger partial charge in [-0.1, -0.05) is 13.8 Å². The molecule has 6 rings (SSSR count). The zero-order valence-electron chi connectivity index (χ0n) is 25.5. The monoisotopic (exact) mass is 592 g/mol. The molecule has 236 valence electrons. The van der Waals surface area contributed by atoms with Crippen molar-refractivity contribution in [3.8, 4) is 0 Å². The molecule has 10 heteroatoms. The van der Waals surface area contributed by atoms with Crippen molar-refractivity contribution >= 4 is 11.9 Å². The molecule has 4 aliphatic carbocycles. The van der Waals surface area contributed by atoms with Gasteiger partial charge in [0.05, 0.1) is 17.8 Å². The summed E-state index contributed by atoms with van der Waals surface area (Å²) in [5.41, 5.74) is -0.555. The van der Waals surface area contributed by atoms with Crippen molar-refractivity contribution in [2.75, 3.05) is 13.7 Å². The molecule has 0 aromatic rings. The summed E-state index contributed by atoms with van der Waals surface area (Å²) < 4.78 is 28.9. The number of fused-ring (bicyclic) bond motifs is 5. The van der Waals surface area contributed by atoms with E-state index < -0.39 is 42.4 Å². The van der Waals surface area contributed by atoms with Gasteiger partial charge in [0.15, 0.2) is 6.29 Å². The van der Waals surface area contributed by atoms with Crippen LogP contribution in [0.1, 0.15) is 79.1 Å². The number of hydrogen-bond donors (Lipinski definition) is 3. The number of hydrogen-bond acceptors (Lipinski definition) is 10. The lowest BCUT2D eigenvalue weighted by Gasteiger charge is -2.65. The Morgan fingerprint density at radius 1 is 1.05 bits per heavy atom. The average Bonchev–Trinajstić information content (AvgIpc) is 3.47. The number of ether oxygens (including phenoxy) is 5. The molecular formula is C32H48O10. The number of carbonyl (C=O) groups is 2. The minimum Gasteiger partial charge on any atom is -0.462 e. The molecule has 0 aromatic heterocycles. The fourth-order valence-corrected chi connectivity index (χ4v) is 10.5. The quantitative estimate of drug-likeness (QED) is 0.322. The van der Waals surface area contributed by atoms with Crippen molar-refractivity contribution in [1.82, 2.24) is 0 Å². The molecule has 0 radical (unpaired) electrons. The highest BCUT2D eigenvalue weighted by atomic mass is 16.7. The number of methoxy groups -OCH3 is 1. The molecule has 2 heterocycles. The second-order valence-electron chi connectivity index (χ2n) is 14.4. The lowest BCUT2D eigenvalue weighted by atomic mass is 9.42. The molecule has 42 heavy (non-hydrogen) atoms. The van der Waals surface area contributed by atoms with Crippen LogP contribution in [0.2, 0.25) is 0 Å². The van der Waals surface area contributed by atoms with Gasteiger partial charge in [-0.15, -0.1) is 0 Å². The van der Waals surface area contributed by atoms with Gasteiger partial charge in [0.2, 0.25) is 0 Å². The normalized spacial score (nSPS) is 52.0. The molecule has 0 spiro atoms. The van der Waals surface area contributed by atoms with E-state index in [9.17, 15) is 24.9 Å². The van der Waals surface area contributed by atoms with Crippen LogP contribution in [-0.2, 0) is 33.3 Å². The molecule has 0 bridgehead atoms. The highest BCUT2D eigenvalue weighted by molar-refractivity contribution is 5.85. The Morgan fingerprint density at radius 3 is 2.48 bits per heavy atom. The molecule has 0 unspecified atom stereocenters. The number of esters is 2. The van der Waals surface area contributed by atoms with Crippen LogP contribution >= 0.6 is 0 Å². The second kappa shape index (κ2) is 10.8. The van der Waals surface area contributed by atoms with Gasteiger partial charge in [0, 0.05) is 37.4 Å². The van der Waals surface area contributed by atoms with Gasteiger partial charge in [-0.3, -0.25) is 4.79 Å². The summed E-state index contributed by atoms with van der Waals surface area (Å²) in [6.45, 7) is 7.93. The van der Waals surface area contributed by atoms with Crippen LogP contribution in [0, 0.1) is 34.5 Å². The molecule has 6 aliphatic rings. The summed E-state index contributed by atoms with van der Waals surface area (Å²) in [5, 5.41) is 33.8. The number of rotatable bonds is 5. The summed E-state index contributed by atoms with van der Waals surface area (Å²) in [5.74, 6) is -0.0945. The van der Waals surface area contributed by atoms with Gasteiger partial charge in [-0.05, 0) is 81.1 Å². The van der Waals surface area contributed by atoms with Gasteiger partial charge in [0.25, 0.3) is 0 Å². The minimum absolute atomic E-state index is 0.0601.